The summed E-state index contributed by atoms with van der Waals surface area (Å²) >= 11 is 0. The lowest BCUT2D eigenvalue weighted by molar-refractivity contribution is -0.187. The Morgan fingerprint density at radius 2 is 2.25 bits per heavy atom. The van der Waals surface area contributed by atoms with Gasteiger partial charge < -0.3 is 14.6 Å². The molecule has 0 amide bonds. The number of benzene rings is 1. The summed E-state index contributed by atoms with van der Waals surface area (Å²) in [7, 11) is 1.63. The summed E-state index contributed by atoms with van der Waals surface area (Å²) in [4.78, 5) is 15.1. The number of ketones is 1. The first-order chi connectivity index (χ1) is 11.6. The smallest absolute Gasteiger partial charge is 0.174 e. The number of Topliss-reactive ketones (excluding diaryl/α,β-unsaturated/α-hetero) is 1. The van der Waals surface area contributed by atoms with Crippen LogP contribution in [-0.4, -0.2) is 53.7 Å². The number of hydrogen-bond acceptors (Lipinski definition) is 5. The molecule has 2 bridgehead atoms. The van der Waals surface area contributed by atoms with E-state index in [-0.39, 0.29) is 11.8 Å². The van der Waals surface area contributed by atoms with Crippen LogP contribution in [0.15, 0.2) is 12.1 Å². The Balaban J connectivity index is 1.82. The zero-order chi connectivity index (χ0) is 16.7. The van der Waals surface area contributed by atoms with E-state index in [4.69, 9.17) is 9.47 Å². The molecule has 1 aromatic rings. The number of carbonyl (C=O) groups is 1. The Kier molecular flexibility index (Phi) is 2.78. The molecule has 1 N–H and O–H groups in total. The highest BCUT2D eigenvalue weighted by Crippen LogP contribution is 2.64. The molecule has 2 aliphatic heterocycles. The Labute approximate surface area is 141 Å². The van der Waals surface area contributed by atoms with Crippen LogP contribution < -0.4 is 9.47 Å². The van der Waals surface area contributed by atoms with E-state index in [1.165, 1.54) is 5.56 Å². The highest BCUT2D eigenvalue weighted by atomic mass is 16.5. The SMILES string of the molecule is CCN1CC[C@]23c4c5ccc(OC)c4OC2C(=O)CC[C@@]3(O)[C@H]1C5. The van der Waals surface area contributed by atoms with E-state index in [1.54, 1.807) is 7.11 Å². The number of ether oxygens (including phenoxy) is 2. The zero-order valence-corrected chi connectivity index (χ0v) is 14.2. The first-order valence-electron chi connectivity index (χ1n) is 8.93. The number of likely N-dealkylation sites (N-methyl/N-ethyl adjacent to an activating group) is 1. The Morgan fingerprint density at radius 3 is 3.00 bits per heavy atom. The molecule has 4 atom stereocenters. The van der Waals surface area contributed by atoms with Crippen molar-refractivity contribution < 1.29 is 19.4 Å². The number of methoxy groups -OCH3 is 1. The lowest BCUT2D eigenvalue weighted by Gasteiger charge is -2.62. The molecule has 0 aromatic heterocycles. The number of piperidine rings is 1. The van der Waals surface area contributed by atoms with E-state index in [0.717, 1.165) is 31.5 Å². The molecule has 2 aliphatic carbocycles. The molecule has 24 heavy (non-hydrogen) atoms. The van der Waals surface area contributed by atoms with Gasteiger partial charge in [0, 0.05) is 18.0 Å². The van der Waals surface area contributed by atoms with Crippen molar-refractivity contribution in [3.05, 3.63) is 23.3 Å². The predicted octanol–water partition coefficient (Wildman–Crippen LogP) is 1.44. The van der Waals surface area contributed by atoms with Crippen molar-refractivity contribution in [3.8, 4) is 11.5 Å². The van der Waals surface area contributed by atoms with Crippen LogP contribution >= 0.6 is 0 Å². The van der Waals surface area contributed by atoms with Gasteiger partial charge in [-0.3, -0.25) is 9.69 Å². The van der Waals surface area contributed by atoms with Gasteiger partial charge in [0.15, 0.2) is 23.4 Å². The average Bonchev–Trinajstić information content (AvgIpc) is 2.93. The molecule has 5 nitrogen and oxygen atoms in total. The van der Waals surface area contributed by atoms with Crippen LogP contribution in [0.3, 0.4) is 0 Å². The summed E-state index contributed by atoms with van der Waals surface area (Å²) in [6.07, 6.45) is 1.93. The maximum atomic E-state index is 12.7. The molecule has 128 valence electrons. The third-order valence-corrected chi connectivity index (χ3v) is 6.98. The third kappa shape index (κ3) is 1.39. The number of rotatable bonds is 2. The van der Waals surface area contributed by atoms with Crippen LogP contribution in [0.1, 0.15) is 37.3 Å². The quantitative estimate of drug-likeness (QED) is 0.890. The Bertz CT molecular complexity index is 747. The molecule has 1 aromatic carbocycles. The minimum absolute atomic E-state index is 0.0577. The van der Waals surface area contributed by atoms with Crippen molar-refractivity contribution in [3.63, 3.8) is 0 Å². The van der Waals surface area contributed by atoms with Crippen LogP contribution in [0.2, 0.25) is 0 Å². The normalized spacial score (nSPS) is 39.4. The van der Waals surface area contributed by atoms with Crippen LogP contribution in [0.25, 0.3) is 0 Å². The summed E-state index contributed by atoms with van der Waals surface area (Å²) in [5.41, 5.74) is 0.755. The molecule has 1 saturated carbocycles. The number of aliphatic hydroxyl groups is 1. The topological polar surface area (TPSA) is 59.0 Å². The summed E-state index contributed by atoms with van der Waals surface area (Å²) in [6.45, 7) is 3.96. The van der Waals surface area contributed by atoms with E-state index >= 15 is 0 Å². The summed E-state index contributed by atoms with van der Waals surface area (Å²) in [5, 5.41) is 11.9. The van der Waals surface area contributed by atoms with Gasteiger partial charge in [0.1, 0.15) is 0 Å². The molecule has 1 unspecified atom stereocenters. The second kappa shape index (κ2) is 4.52. The molecular formula is C19H23NO4. The summed E-state index contributed by atoms with van der Waals surface area (Å²) in [5.74, 6) is 1.48. The van der Waals surface area contributed by atoms with Crippen molar-refractivity contribution in [2.24, 2.45) is 0 Å². The van der Waals surface area contributed by atoms with E-state index < -0.39 is 17.1 Å². The second-order valence-electron chi connectivity index (χ2n) is 7.59. The lowest BCUT2D eigenvalue weighted by atomic mass is 9.49. The van der Waals surface area contributed by atoms with Gasteiger partial charge in [0.25, 0.3) is 0 Å². The van der Waals surface area contributed by atoms with Crippen molar-refractivity contribution >= 4 is 5.78 Å². The number of carbonyl (C=O) groups excluding carboxylic acids is 1. The van der Waals surface area contributed by atoms with Gasteiger partial charge in [-0.1, -0.05) is 13.0 Å². The van der Waals surface area contributed by atoms with Gasteiger partial charge in [-0.05, 0) is 44.0 Å². The fourth-order valence-electron chi connectivity index (χ4n) is 5.94. The maximum Gasteiger partial charge on any atom is 0.174 e. The van der Waals surface area contributed by atoms with Gasteiger partial charge in [0.2, 0.25) is 0 Å². The maximum absolute atomic E-state index is 12.7. The van der Waals surface area contributed by atoms with Crippen molar-refractivity contribution in [1.82, 2.24) is 4.90 Å². The summed E-state index contributed by atoms with van der Waals surface area (Å²) in [6, 6.07) is 4.08. The van der Waals surface area contributed by atoms with Gasteiger partial charge >= 0.3 is 0 Å². The minimum Gasteiger partial charge on any atom is -0.493 e. The van der Waals surface area contributed by atoms with Crippen LogP contribution in [0.5, 0.6) is 11.5 Å². The summed E-state index contributed by atoms with van der Waals surface area (Å²) < 4.78 is 11.7. The van der Waals surface area contributed by atoms with Crippen LogP contribution in [0, 0.1) is 0 Å². The number of hydrogen-bond donors (Lipinski definition) is 1. The van der Waals surface area contributed by atoms with Crippen LogP contribution in [0.4, 0.5) is 0 Å². The first-order valence-corrected chi connectivity index (χ1v) is 8.93. The molecular weight excluding hydrogens is 306 g/mol. The highest BCUT2D eigenvalue weighted by molar-refractivity contribution is 5.90. The molecule has 1 spiro atoms. The van der Waals surface area contributed by atoms with E-state index in [0.29, 0.717) is 24.3 Å². The zero-order valence-electron chi connectivity index (χ0n) is 14.2. The first kappa shape index (κ1) is 14.7. The van der Waals surface area contributed by atoms with Gasteiger partial charge in [0.05, 0.1) is 18.1 Å². The number of likely N-dealkylation sites (tertiary alicyclic amines) is 1. The number of nitrogens with zero attached hydrogens (tertiary/aromatic N) is 1. The van der Waals surface area contributed by atoms with Gasteiger partial charge in [-0.15, -0.1) is 0 Å². The average molecular weight is 329 g/mol. The van der Waals surface area contributed by atoms with Gasteiger partial charge in [-0.25, -0.2) is 0 Å². The van der Waals surface area contributed by atoms with Crippen molar-refractivity contribution in [1.29, 1.82) is 0 Å². The second-order valence-corrected chi connectivity index (χ2v) is 7.59. The van der Waals surface area contributed by atoms with Crippen LogP contribution in [-0.2, 0) is 16.6 Å². The van der Waals surface area contributed by atoms with E-state index in [2.05, 4.69) is 17.9 Å². The monoisotopic (exact) mass is 329 g/mol. The minimum atomic E-state index is -0.898. The predicted molar refractivity (Wildman–Crippen MR) is 87.6 cm³/mol. The molecule has 0 radical (unpaired) electrons. The van der Waals surface area contributed by atoms with Gasteiger partial charge in [-0.2, -0.15) is 0 Å². The Hall–Kier alpha value is -1.59. The van der Waals surface area contributed by atoms with Crippen molar-refractivity contribution in [2.45, 2.75) is 55.8 Å². The molecule has 2 fully saturated rings. The van der Waals surface area contributed by atoms with E-state index in [1.807, 2.05) is 6.07 Å². The fourth-order valence-corrected chi connectivity index (χ4v) is 5.94. The highest BCUT2D eigenvalue weighted by Gasteiger charge is 2.72. The molecule has 5 rings (SSSR count). The lowest BCUT2D eigenvalue weighted by Crippen LogP contribution is -2.76. The standard InChI is InChI=1S/C19H23NO4/c1-3-20-9-8-18-15-11-4-5-13(23-2)16(15)24-17(18)12(21)6-7-19(18,22)14(20)10-11/h4-5,14,17,22H,3,6-10H2,1-2H3/t14-,17?,18+,19-/m1/s1. The fraction of sp³-hybridized carbons (Fsp3) is 0.632. The molecule has 4 aliphatic rings. The van der Waals surface area contributed by atoms with E-state index in [9.17, 15) is 9.90 Å². The molecule has 2 heterocycles. The third-order valence-electron chi connectivity index (χ3n) is 6.98. The molecule has 1 saturated heterocycles. The van der Waals surface area contributed by atoms with Crippen molar-refractivity contribution in [2.75, 3.05) is 20.2 Å². The Morgan fingerprint density at radius 1 is 1.42 bits per heavy atom. The largest absolute Gasteiger partial charge is 0.493 e. The molecule has 5 heteroatoms.